The molecule has 0 saturated carbocycles. The Morgan fingerprint density at radius 3 is 2.76 bits per heavy atom. The van der Waals surface area contributed by atoms with E-state index in [1.165, 1.54) is 0 Å². The summed E-state index contributed by atoms with van der Waals surface area (Å²) < 4.78 is 0. The number of nitrogens with one attached hydrogen (secondary N) is 1. The van der Waals surface area contributed by atoms with E-state index in [9.17, 15) is 0 Å². The number of nitrogens with zero attached hydrogens (tertiary/aromatic N) is 3. The van der Waals surface area contributed by atoms with Crippen LogP contribution in [0.3, 0.4) is 0 Å². The Morgan fingerprint density at radius 1 is 1.53 bits per heavy atom. The van der Waals surface area contributed by atoms with Crippen LogP contribution in [0.1, 0.15) is 0 Å². The topological polar surface area (TPSA) is 156 Å². The molecule has 0 bridgehead atoms. The highest BCUT2D eigenvalue weighted by atomic mass is 16.9. The monoisotopic (exact) mass is 238 g/mol. The lowest BCUT2D eigenvalue weighted by molar-refractivity contribution is -0.742. The number of aliphatic imine (C=N–C) groups is 1. The minimum absolute atomic E-state index is 0.0582. The molecule has 0 aliphatic carbocycles. The van der Waals surface area contributed by atoms with Crippen LogP contribution < -0.4 is 11.5 Å². The molecule has 0 atom stereocenters. The van der Waals surface area contributed by atoms with Crippen LogP contribution >= 0.6 is 0 Å². The number of rotatable bonds is 1. The quantitative estimate of drug-likeness (QED) is 0.239. The molecule has 2 rings (SSSR count). The Balaban J connectivity index is 0.000000317. The molecule has 1 heterocycles. The van der Waals surface area contributed by atoms with E-state index in [2.05, 4.69) is 15.2 Å². The summed E-state index contributed by atoms with van der Waals surface area (Å²) >= 11 is 0. The minimum atomic E-state index is -1.50. The molecule has 90 valence electrons. The van der Waals surface area contributed by atoms with E-state index in [1.54, 1.807) is 6.20 Å². The van der Waals surface area contributed by atoms with Crippen LogP contribution in [0.4, 0.5) is 5.69 Å². The van der Waals surface area contributed by atoms with Gasteiger partial charge in [-0.3, -0.25) is 5.10 Å². The first-order valence-corrected chi connectivity index (χ1v) is 4.35. The lowest BCUT2D eigenvalue weighted by Crippen LogP contribution is -2.21. The predicted molar refractivity (Wildman–Crippen MR) is 60.3 cm³/mol. The second-order valence-electron chi connectivity index (χ2n) is 2.92. The largest absolute Gasteiger partial charge is 0.370 e. The first kappa shape index (κ1) is 12.2. The van der Waals surface area contributed by atoms with Crippen molar-refractivity contribution >= 4 is 22.5 Å². The molecule has 0 spiro atoms. The first-order chi connectivity index (χ1) is 7.99. The van der Waals surface area contributed by atoms with Crippen molar-refractivity contribution < 1.29 is 10.3 Å². The van der Waals surface area contributed by atoms with Crippen molar-refractivity contribution in [3.05, 3.63) is 34.5 Å². The highest BCUT2D eigenvalue weighted by Crippen LogP contribution is 2.18. The normalized spacial score (nSPS) is 9.18. The van der Waals surface area contributed by atoms with Gasteiger partial charge in [0, 0.05) is 5.39 Å². The predicted octanol–water partition coefficient (Wildman–Crippen LogP) is 0.120. The number of nitrogens with two attached hydrogens (primary N) is 2. The summed E-state index contributed by atoms with van der Waals surface area (Å²) in [4.78, 5) is 12.3. The van der Waals surface area contributed by atoms with Gasteiger partial charge in [0.2, 0.25) is 0 Å². The van der Waals surface area contributed by atoms with E-state index >= 15 is 0 Å². The van der Waals surface area contributed by atoms with E-state index < -0.39 is 5.09 Å². The Bertz CT molecular complexity index is 541. The molecule has 0 amide bonds. The maximum Gasteiger partial charge on any atom is 0.291 e. The van der Waals surface area contributed by atoms with Crippen LogP contribution in [0.15, 0.2) is 29.4 Å². The SMILES string of the molecule is NC(N)=Nc1ccc2[nH]ncc2c1.O=[N+]([O-])O. The summed E-state index contributed by atoms with van der Waals surface area (Å²) in [7, 11) is 0. The van der Waals surface area contributed by atoms with E-state index in [0.717, 1.165) is 16.6 Å². The highest BCUT2D eigenvalue weighted by molar-refractivity contribution is 5.84. The van der Waals surface area contributed by atoms with Crippen molar-refractivity contribution in [1.82, 2.24) is 10.2 Å². The van der Waals surface area contributed by atoms with Crippen LogP contribution in [-0.4, -0.2) is 26.5 Å². The van der Waals surface area contributed by atoms with Crippen molar-refractivity contribution in [2.45, 2.75) is 0 Å². The van der Waals surface area contributed by atoms with Crippen molar-refractivity contribution in [2.75, 3.05) is 0 Å². The number of fused-ring (bicyclic) bond motifs is 1. The zero-order chi connectivity index (χ0) is 12.8. The number of hydrogen-bond donors (Lipinski definition) is 4. The van der Waals surface area contributed by atoms with Crippen LogP contribution in [0.2, 0.25) is 0 Å². The highest BCUT2D eigenvalue weighted by Gasteiger charge is 1.96. The van der Waals surface area contributed by atoms with Gasteiger partial charge in [-0.2, -0.15) is 5.10 Å². The third-order valence-corrected chi connectivity index (χ3v) is 1.68. The van der Waals surface area contributed by atoms with Gasteiger partial charge in [0.1, 0.15) is 0 Å². The molecule has 1 aromatic heterocycles. The van der Waals surface area contributed by atoms with Gasteiger partial charge in [-0.1, -0.05) is 0 Å². The average molecular weight is 238 g/mol. The van der Waals surface area contributed by atoms with Gasteiger partial charge >= 0.3 is 0 Å². The second-order valence-corrected chi connectivity index (χ2v) is 2.92. The molecule has 0 unspecified atom stereocenters. The molecule has 6 N–H and O–H groups in total. The Labute approximate surface area is 94.9 Å². The molecule has 1 aromatic carbocycles. The fourth-order valence-electron chi connectivity index (χ4n) is 1.15. The third-order valence-electron chi connectivity index (χ3n) is 1.68. The van der Waals surface area contributed by atoms with E-state index in [4.69, 9.17) is 26.8 Å². The maximum atomic E-state index is 8.36. The number of benzene rings is 1. The lowest BCUT2D eigenvalue weighted by Gasteiger charge is -1.94. The smallest absolute Gasteiger partial charge is 0.291 e. The van der Waals surface area contributed by atoms with Gasteiger partial charge in [0.15, 0.2) is 5.96 Å². The van der Waals surface area contributed by atoms with Crippen molar-refractivity contribution in [2.24, 2.45) is 16.5 Å². The molecule has 0 fully saturated rings. The number of aromatic amines is 1. The first-order valence-electron chi connectivity index (χ1n) is 4.35. The van der Waals surface area contributed by atoms with Gasteiger partial charge in [-0.05, 0) is 18.2 Å². The van der Waals surface area contributed by atoms with Crippen molar-refractivity contribution in [3.8, 4) is 0 Å². The number of aromatic nitrogens is 2. The Morgan fingerprint density at radius 2 is 2.18 bits per heavy atom. The van der Waals surface area contributed by atoms with E-state index in [1.807, 2.05) is 18.2 Å². The fourth-order valence-corrected chi connectivity index (χ4v) is 1.15. The standard InChI is InChI=1S/C8H9N5.HNO3/c9-8(10)12-6-1-2-7-5(3-6)4-11-13-7;2-1(3)4/h1-4H,(H,11,13)(H4,9,10,12);(H,2,3,4). The zero-order valence-corrected chi connectivity index (χ0v) is 8.57. The number of H-pyrrole nitrogens is 1. The fraction of sp³-hybridized carbons (Fsp3) is 0. The molecule has 17 heavy (non-hydrogen) atoms. The molecule has 9 heteroatoms. The van der Waals surface area contributed by atoms with Gasteiger partial charge in [0.25, 0.3) is 5.09 Å². The third kappa shape index (κ3) is 4.03. The maximum absolute atomic E-state index is 8.36. The molecule has 0 saturated heterocycles. The minimum Gasteiger partial charge on any atom is -0.370 e. The summed E-state index contributed by atoms with van der Waals surface area (Å²) in [5.41, 5.74) is 12.2. The molecular weight excluding hydrogens is 228 g/mol. The summed E-state index contributed by atoms with van der Waals surface area (Å²) in [6.45, 7) is 0. The van der Waals surface area contributed by atoms with Gasteiger partial charge in [-0.25, -0.2) is 4.99 Å². The molecule has 0 aliphatic heterocycles. The summed E-state index contributed by atoms with van der Waals surface area (Å²) in [5, 5.41) is 21.4. The van der Waals surface area contributed by atoms with Crippen LogP contribution in [-0.2, 0) is 0 Å². The van der Waals surface area contributed by atoms with Gasteiger partial charge in [-0.15, -0.1) is 10.1 Å². The second kappa shape index (κ2) is 5.30. The molecular formula is C8H10N6O3. The van der Waals surface area contributed by atoms with Crippen LogP contribution in [0, 0.1) is 10.1 Å². The lowest BCUT2D eigenvalue weighted by atomic mass is 10.2. The zero-order valence-electron chi connectivity index (χ0n) is 8.57. The van der Waals surface area contributed by atoms with Crippen LogP contribution in [0.5, 0.6) is 0 Å². The summed E-state index contributed by atoms with van der Waals surface area (Å²) in [5.74, 6) is 0.0582. The Hall–Kier alpha value is -2.84. The van der Waals surface area contributed by atoms with Gasteiger partial charge in [0.05, 0.1) is 17.4 Å². The molecule has 0 radical (unpaired) electrons. The number of guanidine groups is 1. The van der Waals surface area contributed by atoms with Crippen molar-refractivity contribution in [3.63, 3.8) is 0 Å². The molecule has 2 aromatic rings. The molecule has 9 nitrogen and oxygen atoms in total. The van der Waals surface area contributed by atoms with Crippen LogP contribution in [0.25, 0.3) is 10.9 Å². The number of hydrogen-bond acceptors (Lipinski definition) is 4. The Kier molecular flexibility index (Phi) is 3.81. The van der Waals surface area contributed by atoms with E-state index in [0.29, 0.717) is 0 Å². The van der Waals surface area contributed by atoms with Gasteiger partial charge < -0.3 is 16.7 Å². The summed E-state index contributed by atoms with van der Waals surface area (Å²) in [6.07, 6.45) is 1.72. The molecule has 0 aliphatic rings. The van der Waals surface area contributed by atoms with Crippen molar-refractivity contribution in [1.29, 1.82) is 0 Å². The summed E-state index contributed by atoms with van der Waals surface area (Å²) in [6, 6.07) is 5.56. The average Bonchev–Trinajstić information content (AvgIpc) is 2.62. The van der Waals surface area contributed by atoms with E-state index in [-0.39, 0.29) is 5.96 Å².